The summed E-state index contributed by atoms with van der Waals surface area (Å²) in [5.41, 5.74) is 2.76. The molecule has 2 N–H and O–H groups in total. The predicted octanol–water partition coefficient (Wildman–Crippen LogP) is 4.49. The number of aliphatic hydroxyl groups excluding tert-OH is 2. The molecule has 2 rings (SSSR count). The van der Waals surface area contributed by atoms with Crippen LogP contribution < -0.4 is 9.47 Å². The van der Waals surface area contributed by atoms with E-state index >= 15 is 0 Å². The molecule has 1 aliphatic heterocycles. The molecule has 1 heterocycles. The number of ether oxygens (including phenoxy) is 2. The van der Waals surface area contributed by atoms with Crippen LogP contribution in [-0.2, 0) is 0 Å². The van der Waals surface area contributed by atoms with Gasteiger partial charge in [-0.1, -0.05) is 45.2 Å². The minimum Gasteiger partial charge on any atom is -0.489 e. The van der Waals surface area contributed by atoms with Gasteiger partial charge in [-0.15, -0.1) is 0 Å². The number of halogens is 1. The summed E-state index contributed by atoms with van der Waals surface area (Å²) in [5.74, 6) is 0.904. The molecule has 6 heteroatoms. The zero-order valence-electron chi connectivity index (χ0n) is 17.5. The molecule has 0 aliphatic carbocycles. The number of fused-ring (bicyclic) bond motifs is 1. The van der Waals surface area contributed by atoms with E-state index in [1.54, 1.807) is 6.07 Å². The molecule has 0 radical (unpaired) electrons. The number of hydrogen-bond donors (Lipinski definition) is 2. The number of benzene rings is 1. The second-order valence-electron chi connectivity index (χ2n) is 7.26. The number of rotatable bonds is 11. The average molecular weight is 412 g/mol. The zero-order chi connectivity index (χ0) is 20.7. The molecule has 1 aromatic rings. The summed E-state index contributed by atoms with van der Waals surface area (Å²) in [7, 11) is 0. The van der Waals surface area contributed by atoms with Crippen molar-refractivity contribution in [3.63, 3.8) is 0 Å². The summed E-state index contributed by atoms with van der Waals surface area (Å²) < 4.78 is 11.5. The summed E-state index contributed by atoms with van der Waals surface area (Å²) >= 11 is 6.49. The lowest BCUT2D eigenvalue weighted by Crippen LogP contribution is -2.29. The Bertz CT molecular complexity index is 673. The van der Waals surface area contributed by atoms with Gasteiger partial charge >= 0.3 is 0 Å². The topological polar surface area (TPSA) is 62.2 Å². The molecule has 5 nitrogen and oxygen atoms in total. The van der Waals surface area contributed by atoms with Crippen LogP contribution in [0.2, 0.25) is 5.02 Å². The smallest absolute Gasteiger partial charge is 0.220 e. The van der Waals surface area contributed by atoms with Crippen LogP contribution in [0.3, 0.4) is 0 Å². The Labute approximate surface area is 173 Å². The molecule has 2 unspecified atom stereocenters. The fourth-order valence-corrected chi connectivity index (χ4v) is 3.70. The van der Waals surface area contributed by atoms with Crippen molar-refractivity contribution < 1.29 is 19.7 Å². The van der Waals surface area contributed by atoms with E-state index in [-0.39, 0.29) is 6.61 Å². The van der Waals surface area contributed by atoms with Crippen LogP contribution in [0.5, 0.6) is 11.5 Å². The van der Waals surface area contributed by atoms with Gasteiger partial charge in [0, 0.05) is 17.7 Å². The number of unbranched alkanes of at least 4 members (excludes halogenated alkanes) is 1. The number of aliphatic hydroxyl groups is 2. The lowest BCUT2D eigenvalue weighted by molar-refractivity contribution is 0.00846. The molecule has 0 aromatic heterocycles. The fraction of sp³-hybridized carbons (Fsp3) is 0.636. The van der Waals surface area contributed by atoms with Gasteiger partial charge < -0.3 is 24.6 Å². The van der Waals surface area contributed by atoms with Crippen molar-refractivity contribution in [1.82, 2.24) is 4.90 Å². The van der Waals surface area contributed by atoms with Gasteiger partial charge in [0.25, 0.3) is 0 Å². The second-order valence-corrected chi connectivity index (χ2v) is 7.64. The molecule has 0 amide bonds. The molecule has 0 fully saturated rings. The van der Waals surface area contributed by atoms with Crippen LogP contribution in [0.15, 0.2) is 17.7 Å². The standard InChI is InChI=1S/C22H34ClNO4/c1-5-8-9-16(25)14-27-19-11-10-17-15(4)18(12-13-24(6-2)7-3)22(26)28-21(17)20(19)23/h10-11,16,22,25-26H,5-9,12-14H2,1-4H3. The molecule has 158 valence electrons. The summed E-state index contributed by atoms with van der Waals surface area (Å²) in [4.78, 5) is 2.32. The van der Waals surface area contributed by atoms with Gasteiger partial charge in [0.05, 0.1) is 6.10 Å². The first-order chi connectivity index (χ1) is 13.4. The van der Waals surface area contributed by atoms with Crippen LogP contribution in [0.4, 0.5) is 0 Å². The van der Waals surface area contributed by atoms with Crippen LogP contribution in [-0.4, -0.2) is 53.7 Å². The van der Waals surface area contributed by atoms with Gasteiger partial charge in [-0.2, -0.15) is 0 Å². The summed E-state index contributed by atoms with van der Waals surface area (Å²) in [6.45, 7) is 11.4. The molecule has 0 bridgehead atoms. The highest BCUT2D eigenvalue weighted by Crippen LogP contribution is 2.45. The minimum absolute atomic E-state index is 0.186. The van der Waals surface area contributed by atoms with Crippen LogP contribution in [0, 0.1) is 0 Å². The number of hydrogen-bond acceptors (Lipinski definition) is 5. The Morgan fingerprint density at radius 1 is 1.25 bits per heavy atom. The molecule has 2 atom stereocenters. The van der Waals surface area contributed by atoms with E-state index < -0.39 is 12.4 Å². The second kappa shape index (κ2) is 11.1. The number of allylic oxidation sites excluding steroid dienone is 1. The highest BCUT2D eigenvalue weighted by atomic mass is 35.5. The third kappa shape index (κ3) is 5.63. The third-order valence-electron chi connectivity index (χ3n) is 5.39. The summed E-state index contributed by atoms with van der Waals surface area (Å²) in [5, 5.41) is 20.9. The normalized spacial score (nSPS) is 17.5. The third-order valence-corrected chi connectivity index (χ3v) is 5.75. The molecule has 1 aliphatic rings. The van der Waals surface area contributed by atoms with Crippen molar-refractivity contribution in [2.75, 3.05) is 26.2 Å². The van der Waals surface area contributed by atoms with Crippen LogP contribution in [0.1, 0.15) is 58.9 Å². The maximum Gasteiger partial charge on any atom is 0.220 e. The van der Waals surface area contributed by atoms with Crippen molar-refractivity contribution in [3.05, 3.63) is 28.3 Å². The first kappa shape index (κ1) is 23.0. The largest absolute Gasteiger partial charge is 0.489 e. The Balaban J connectivity index is 2.15. The monoisotopic (exact) mass is 411 g/mol. The van der Waals surface area contributed by atoms with Gasteiger partial charge in [-0.3, -0.25) is 0 Å². The van der Waals surface area contributed by atoms with E-state index in [9.17, 15) is 10.2 Å². The Hall–Kier alpha value is -1.27. The van der Waals surface area contributed by atoms with E-state index in [1.165, 1.54) is 0 Å². The molecular formula is C22H34ClNO4. The predicted molar refractivity (Wildman–Crippen MR) is 114 cm³/mol. The van der Waals surface area contributed by atoms with E-state index in [1.807, 2.05) is 13.0 Å². The van der Waals surface area contributed by atoms with Crippen LogP contribution in [0.25, 0.3) is 5.57 Å². The van der Waals surface area contributed by atoms with Gasteiger partial charge in [0.2, 0.25) is 6.29 Å². The van der Waals surface area contributed by atoms with E-state index in [4.69, 9.17) is 21.1 Å². The van der Waals surface area contributed by atoms with E-state index in [0.717, 1.165) is 55.6 Å². The summed E-state index contributed by atoms with van der Waals surface area (Å²) in [6, 6.07) is 3.72. The Morgan fingerprint density at radius 3 is 2.61 bits per heavy atom. The van der Waals surface area contributed by atoms with Crippen molar-refractivity contribution in [2.24, 2.45) is 0 Å². The van der Waals surface area contributed by atoms with Crippen LogP contribution >= 0.6 is 11.6 Å². The average Bonchev–Trinajstić information content (AvgIpc) is 2.69. The van der Waals surface area contributed by atoms with Crippen molar-refractivity contribution >= 4 is 17.2 Å². The lowest BCUT2D eigenvalue weighted by atomic mass is 9.95. The molecule has 0 spiro atoms. The maximum atomic E-state index is 10.5. The fourth-order valence-electron chi connectivity index (χ4n) is 3.44. The molecule has 0 saturated heterocycles. The SMILES string of the molecule is CCCCC(O)COc1ccc2c(c1Cl)OC(O)C(CCN(CC)CC)=C2C. The van der Waals surface area contributed by atoms with Gasteiger partial charge in [0.1, 0.15) is 17.4 Å². The molecule has 28 heavy (non-hydrogen) atoms. The lowest BCUT2D eigenvalue weighted by Gasteiger charge is -2.29. The van der Waals surface area contributed by atoms with E-state index in [2.05, 4.69) is 25.7 Å². The van der Waals surface area contributed by atoms with Gasteiger partial charge in [0.15, 0.2) is 5.75 Å². The first-order valence-corrected chi connectivity index (χ1v) is 10.7. The van der Waals surface area contributed by atoms with Crippen molar-refractivity contribution in [2.45, 2.75) is 65.8 Å². The van der Waals surface area contributed by atoms with E-state index in [0.29, 0.717) is 22.9 Å². The van der Waals surface area contributed by atoms with Gasteiger partial charge in [-0.25, -0.2) is 0 Å². The quantitative estimate of drug-likeness (QED) is 0.561. The highest BCUT2D eigenvalue weighted by molar-refractivity contribution is 6.34. The summed E-state index contributed by atoms with van der Waals surface area (Å²) in [6.07, 6.45) is 1.90. The molecule has 0 saturated carbocycles. The Morgan fingerprint density at radius 2 is 1.96 bits per heavy atom. The van der Waals surface area contributed by atoms with Crippen molar-refractivity contribution in [1.29, 1.82) is 0 Å². The Kier molecular flexibility index (Phi) is 9.09. The maximum absolute atomic E-state index is 10.5. The molecular weight excluding hydrogens is 378 g/mol. The number of nitrogens with zero attached hydrogens (tertiary/aromatic N) is 1. The molecule has 1 aromatic carbocycles. The minimum atomic E-state index is -1.01. The zero-order valence-corrected chi connectivity index (χ0v) is 18.3. The highest BCUT2D eigenvalue weighted by Gasteiger charge is 2.28. The van der Waals surface area contributed by atoms with Crippen molar-refractivity contribution in [3.8, 4) is 11.5 Å². The first-order valence-electron chi connectivity index (χ1n) is 10.3. The van der Waals surface area contributed by atoms with Gasteiger partial charge in [-0.05, 0) is 50.6 Å².